The Morgan fingerprint density at radius 1 is 1.21 bits per heavy atom. The van der Waals surface area contributed by atoms with E-state index in [1.54, 1.807) is 0 Å². The summed E-state index contributed by atoms with van der Waals surface area (Å²) in [6.07, 6.45) is 3.96. The summed E-state index contributed by atoms with van der Waals surface area (Å²) in [5.74, 6) is 1.29. The summed E-state index contributed by atoms with van der Waals surface area (Å²) < 4.78 is 1.89. The summed E-state index contributed by atoms with van der Waals surface area (Å²) >= 11 is 0. The van der Waals surface area contributed by atoms with Crippen LogP contribution in [-0.4, -0.2) is 39.2 Å². The number of benzene rings is 1. The fourth-order valence-corrected chi connectivity index (χ4v) is 3.42. The molecule has 156 valence electrons. The summed E-state index contributed by atoms with van der Waals surface area (Å²) in [5, 5.41) is 9.18. The molecule has 0 saturated heterocycles. The molecule has 3 aromatic rings. The molecule has 1 N–H and O–H groups in total. The molecule has 2 heterocycles. The van der Waals surface area contributed by atoms with Crippen molar-refractivity contribution in [1.29, 1.82) is 0 Å². The Balaban J connectivity index is 0.00000300. The highest BCUT2D eigenvalue weighted by Crippen LogP contribution is 2.19. The highest BCUT2D eigenvalue weighted by molar-refractivity contribution is 14.0. The van der Waals surface area contributed by atoms with Crippen LogP contribution in [0.2, 0.25) is 0 Å². The van der Waals surface area contributed by atoms with Gasteiger partial charge in [0.05, 0.1) is 17.8 Å². The molecule has 7 heteroatoms. The van der Waals surface area contributed by atoms with Gasteiger partial charge in [0.1, 0.15) is 0 Å². The van der Waals surface area contributed by atoms with Gasteiger partial charge in [-0.3, -0.25) is 9.67 Å². The summed E-state index contributed by atoms with van der Waals surface area (Å²) in [5.41, 5.74) is 4.56. The molecule has 0 spiro atoms. The molecule has 0 bridgehead atoms. The van der Waals surface area contributed by atoms with Crippen LogP contribution in [0.4, 0.5) is 0 Å². The van der Waals surface area contributed by atoms with E-state index in [9.17, 15) is 0 Å². The zero-order valence-electron chi connectivity index (χ0n) is 17.9. The average molecular weight is 506 g/mol. The van der Waals surface area contributed by atoms with Crippen LogP contribution in [0.3, 0.4) is 0 Å². The molecule has 3 rings (SSSR count). The second kappa shape index (κ2) is 10.6. The van der Waals surface area contributed by atoms with Crippen LogP contribution >= 0.6 is 24.0 Å². The molecule has 0 radical (unpaired) electrons. The quantitative estimate of drug-likeness (QED) is 0.308. The third-order valence-corrected chi connectivity index (χ3v) is 4.73. The van der Waals surface area contributed by atoms with Crippen LogP contribution in [0.25, 0.3) is 10.9 Å². The molecule has 0 amide bonds. The highest BCUT2D eigenvalue weighted by Gasteiger charge is 2.15. The predicted octanol–water partition coefficient (Wildman–Crippen LogP) is 4.31. The Kier molecular flexibility index (Phi) is 8.43. The van der Waals surface area contributed by atoms with Crippen molar-refractivity contribution < 1.29 is 0 Å². The predicted molar refractivity (Wildman–Crippen MR) is 131 cm³/mol. The van der Waals surface area contributed by atoms with Gasteiger partial charge in [0.15, 0.2) is 5.96 Å². The van der Waals surface area contributed by atoms with Crippen LogP contribution in [0, 0.1) is 0 Å². The van der Waals surface area contributed by atoms with Gasteiger partial charge in [0.25, 0.3) is 0 Å². The first-order valence-corrected chi connectivity index (χ1v) is 9.84. The molecule has 0 aliphatic carbocycles. The first-order valence-electron chi connectivity index (χ1n) is 9.84. The fourth-order valence-electron chi connectivity index (χ4n) is 3.42. The molecule has 0 fully saturated rings. The number of guanidine groups is 1. The van der Waals surface area contributed by atoms with E-state index >= 15 is 0 Å². The van der Waals surface area contributed by atoms with E-state index in [0.29, 0.717) is 12.5 Å². The molecule has 1 aromatic carbocycles. The number of aryl methyl sites for hydroxylation is 1. The van der Waals surface area contributed by atoms with Gasteiger partial charge in [-0.05, 0) is 30.5 Å². The summed E-state index contributed by atoms with van der Waals surface area (Å²) in [4.78, 5) is 11.5. The molecular formula is C22H31IN6. The van der Waals surface area contributed by atoms with Gasteiger partial charge in [-0.15, -0.1) is 24.0 Å². The Hall–Kier alpha value is -2.16. The molecule has 0 aliphatic heterocycles. The van der Waals surface area contributed by atoms with Crippen molar-refractivity contribution in [3.63, 3.8) is 0 Å². The third kappa shape index (κ3) is 5.68. The lowest BCUT2D eigenvalue weighted by atomic mass is 10.1. The number of nitrogens with one attached hydrogen (secondary N) is 1. The number of halogens is 1. The second-order valence-corrected chi connectivity index (χ2v) is 7.38. The van der Waals surface area contributed by atoms with E-state index in [1.165, 1.54) is 11.1 Å². The Morgan fingerprint density at radius 3 is 2.69 bits per heavy atom. The highest BCUT2D eigenvalue weighted by atomic mass is 127. The molecule has 29 heavy (non-hydrogen) atoms. The number of aliphatic imine (C=N–C) groups is 1. The minimum absolute atomic E-state index is 0. The monoisotopic (exact) mass is 506 g/mol. The molecule has 0 unspecified atom stereocenters. The third-order valence-electron chi connectivity index (χ3n) is 4.73. The second-order valence-electron chi connectivity index (χ2n) is 7.38. The van der Waals surface area contributed by atoms with Crippen molar-refractivity contribution in [2.24, 2.45) is 12.0 Å². The normalized spacial score (nSPS) is 11.6. The molecule has 0 aliphatic rings. The van der Waals surface area contributed by atoms with Gasteiger partial charge in [-0.2, -0.15) is 5.10 Å². The summed E-state index contributed by atoms with van der Waals surface area (Å²) in [7, 11) is 4.05. The van der Waals surface area contributed by atoms with Gasteiger partial charge >= 0.3 is 0 Å². The van der Waals surface area contributed by atoms with Crippen LogP contribution in [-0.2, 0) is 20.1 Å². The van der Waals surface area contributed by atoms with Gasteiger partial charge < -0.3 is 10.2 Å². The van der Waals surface area contributed by atoms with Crippen molar-refractivity contribution in [3.05, 3.63) is 59.5 Å². The number of para-hydroxylation sites is 1. The first-order chi connectivity index (χ1) is 13.5. The van der Waals surface area contributed by atoms with Crippen molar-refractivity contribution in [1.82, 2.24) is 25.0 Å². The number of pyridine rings is 1. The molecule has 6 nitrogen and oxygen atoms in total. The minimum atomic E-state index is 0. The van der Waals surface area contributed by atoms with Crippen LogP contribution in [0.15, 0.2) is 47.7 Å². The average Bonchev–Trinajstić information content (AvgIpc) is 3.05. The zero-order chi connectivity index (χ0) is 20.1. The lowest BCUT2D eigenvalue weighted by Gasteiger charge is -2.22. The number of fused-ring (bicyclic) bond motifs is 1. The fraction of sp³-hybridized carbons (Fsp3) is 0.409. The standard InChI is InChI=1S/C22H30N6.HI/c1-6-23-22(27(4)14-18-15-28(5)26-21(18)16(2)3)25-13-17-11-12-24-20-10-8-7-9-19(17)20;/h7-12,15-16H,6,13-14H2,1-5H3,(H,23,25);1H. The maximum absolute atomic E-state index is 4.89. The number of aromatic nitrogens is 3. The number of hydrogen-bond acceptors (Lipinski definition) is 3. The first kappa shape index (κ1) is 23.1. The van der Waals surface area contributed by atoms with E-state index in [0.717, 1.165) is 35.6 Å². The smallest absolute Gasteiger partial charge is 0.194 e. The molecule has 2 aromatic heterocycles. The zero-order valence-corrected chi connectivity index (χ0v) is 20.2. The number of hydrogen-bond donors (Lipinski definition) is 1. The largest absolute Gasteiger partial charge is 0.357 e. The van der Waals surface area contributed by atoms with Crippen molar-refractivity contribution in [2.45, 2.75) is 39.8 Å². The van der Waals surface area contributed by atoms with Crippen molar-refractivity contribution in [2.75, 3.05) is 13.6 Å². The lowest BCUT2D eigenvalue weighted by molar-refractivity contribution is 0.473. The van der Waals surface area contributed by atoms with Crippen molar-refractivity contribution >= 4 is 40.8 Å². The summed E-state index contributed by atoms with van der Waals surface area (Å²) in [6.45, 7) is 8.66. The maximum Gasteiger partial charge on any atom is 0.194 e. The molecule has 0 atom stereocenters. The lowest BCUT2D eigenvalue weighted by Crippen LogP contribution is -2.38. The SMILES string of the molecule is CCNC(=NCc1ccnc2ccccc12)N(C)Cc1cn(C)nc1C(C)C.I. The Morgan fingerprint density at radius 2 is 1.97 bits per heavy atom. The van der Waals surface area contributed by atoms with Crippen LogP contribution < -0.4 is 5.32 Å². The summed E-state index contributed by atoms with van der Waals surface area (Å²) in [6, 6.07) is 10.3. The number of nitrogens with zero attached hydrogens (tertiary/aromatic N) is 5. The minimum Gasteiger partial charge on any atom is -0.357 e. The van der Waals surface area contributed by atoms with Crippen molar-refractivity contribution in [3.8, 4) is 0 Å². The topological polar surface area (TPSA) is 58.3 Å². The van der Waals surface area contributed by atoms with Gasteiger partial charge in [0.2, 0.25) is 0 Å². The van der Waals surface area contributed by atoms with Gasteiger partial charge in [-0.1, -0.05) is 32.0 Å². The van der Waals surface area contributed by atoms with E-state index < -0.39 is 0 Å². The van der Waals surface area contributed by atoms with E-state index in [4.69, 9.17) is 4.99 Å². The van der Waals surface area contributed by atoms with E-state index in [2.05, 4.69) is 60.4 Å². The molecular weight excluding hydrogens is 475 g/mol. The van der Waals surface area contributed by atoms with Crippen LogP contribution in [0.5, 0.6) is 0 Å². The Bertz CT molecular complexity index is 958. The van der Waals surface area contributed by atoms with E-state index in [-0.39, 0.29) is 24.0 Å². The van der Waals surface area contributed by atoms with Gasteiger partial charge in [-0.25, -0.2) is 4.99 Å². The van der Waals surface area contributed by atoms with Crippen LogP contribution in [0.1, 0.15) is 43.5 Å². The molecule has 0 saturated carbocycles. The Labute approximate surface area is 190 Å². The van der Waals surface area contributed by atoms with Gasteiger partial charge in [0, 0.05) is 50.5 Å². The maximum atomic E-state index is 4.89. The van der Waals surface area contributed by atoms with E-state index in [1.807, 2.05) is 42.2 Å². The number of rotatable bonds is 6.